The normalized spacial score (nSPS) is 20.9. The average molecular weight is 496 g/mol. The third-order valence-electron chi connectivity index (χ3n) is 7.53. The summed E-state index contributed by atoms with van der Waals surface area (Å²) in [6, 6.07) is 16.9. The number of pyridine rings is 1. The highest BCUT2D eigenvalue weighted by atomic mass is 16.5. The summed E-state index contributed by atoms with van der Waals surface area (Å²) in [5.74, 6) is 1.34. The number of benzene rings is 2. The van der Waals surface area contributed by atoms with Gasteiger partial charge in [0.15, 0.2) is 17.3 Å². The first-order valence-electron chi connectivity index (χ1n) is 12.7. The monoisotopic (exact) mass is 495 g/mol. The van der Waals surface area contributed by atoms with Crippen molar-refractivity contribution in [3.05, 3.63) is 89.4 Å². The van der Waals surface area contributed by atoms with Gasteiger partial charge in [-0.05, 0) is 66.6 Å². The second-order valence-corrected chi connectivity index (χ2v) is 9.85. The fourth-order valence-electron chi connectivity index (χ4n) is 5.56. The van der Waals surface area contributed by atoms with E-state index in [0.717, 1.165) is 41.0 Å². The largest absolute Gasteiger partial charge is 0.493 e. The van der Waals surface area contributed by atoms with Crippen molar-refractivity contribution in [2.45, 2.75) is 37.6 Å². The molecule has 37 heavy (non-hydrogen) atoms. The highest BCUT2D eigenvalue weighted by molar-refractivity contribution is 6.07. The third-order valence-corrected chi connectivity index (χ3v) is 7.53. The smallest absolute Gasteiger partial charge is 0.231 e. The Morgan fingerprint density at radius 1 is 0.973 bits per heavy atom. The Kier molecular flexibility index (Phi) is 5.91. The molecule has 3 aliphatic rings. The van der Waals surface area contributed by atoms with Crippen LogP contribution in [0.2, 0.25) is 0 Å². The molecule has 7 nitrogen and oxygen atoms in total. The van der Waals surface area contributed by atoms with Crippen molar-refractivity contribution in [2.75, 3.05) is 24.4 Å². The number of nitrogens with zero attached hydrogens (tertiary/aromatic N) is 2. The van der Waals surface area contributed by atoms with Gasteiger partial charge in [-0.3, -0.25) is 19.5 Å². The molecule has 1 saturated carbocycles. The summed E-state index contributed by atoms with van der Waals surface area (Å²) in [4.78, 5) is 34.0. The number of anilines is 2. The lowest BCUT2D eigenvalue weighted by atomic mass is 9.78. The molecule has 188 valence electrons. The van der Waals surface area contributed by atoms with Gasteiger partial charge in [-0.15, -0.1) is 0 Å². The predicted octanol–water partition coefficient (Wildman–Crippen LogP) is 5.41. The topological polar surface area (TPSA) is 80.8 Å². The number of carbonyl (C=O) groups is 2. The zero-order chi connectivity index (χ0) is 25.5. The number of para-hydroxylation sites is 2. The molecule has 2 atom stereocenters. The molecule has 2 aromatic carbocycles. The zero-order valence-corrected chi connectivity index (χ0v) is 20.9. The van der Waals surface area contributed by atoms with Crippen LogP contribution in [0.15, 0.2) is 78.3 Å². The summed E-state index contributed by atoms with van der Waals surface area (Å²) >= 11 is 0. The number of hydrogen-bond donors (Lipinski definition) is 1. The first-order chi connectivity index (χ1) is 18.1. The Bertz CT molecular complexity index is 1400. The molecule has 6 rings (SSSR count). The van der Waals surface area contributed by atoms with Crippen LogP contribution in [0, 0.1) is 5.92 Å². The van der Waals surface area contributed by atoms with E-state index in [0.29, 0.717) is 29.9 Å². The first kappa shape index (κ1) is 23.3. The van der Waals surface area contributed by atoms with Crippen LogP contribution >= 0.6 is 0 Å². The van der Waals surface area contributed by atoms with E-state index < -0.39 is 6.04 Å². The van der Waals surface area contributed by atoms with Crippen LogP contribution in [-0.2, 0) is 9.59 Å². The van der Waals surface area contributed by atoms with E-state index in [9.17, 15) is 9.59 Å². The average Bonchev–Trinajstić information content (AvgIpc) is 3.79. The van der Waals surface area contributed by atoms with Gasteiger partial charge in [-0.2, -0.15) is 0 Å². The lowest BCUT2D eigenvalue weighted by Crippen LogP contribution is -2.39. The number of aromatic nitrogens is 1. The van der Waals surface area contributed by atoms with E-state index >= 15 is 0 Å². The molecule has 0 bridgehead atoms. The fourth-order valence-corrected chi connectivity index (χ4v) is 5.56. The van der Waals surface area contributed by atoms with E-state index in [1.807, 2.05) is 59.5 Å². The van der Waals surface area contributed by atoms with Crippen molar-refractivity contribution < 1.29 is 19.1 Å². The van der Waals surface area contributed by atoms with Crippen LogP contribution in [0.25, 0.3) is 0 Å². The van der Waals surface area contributed by atoms with Crippen molar-refractivity contribution in [1.29, 1.82) is 0 Å². The molecule has 1 fully saturated rings. The molecule has 7 heteroatoms. The minimum absolute atomic E-state index is 0.00687. The number of allylic oxidation sites excluding steroid dienone is 1. The van der Waals surface area contributed by atoms with E-state index in [2.05, 4.69) is 10.3 Å². The molecule has 1 N–H and O–H groups in total. The number of ether oxygens (including phenoxy) is 2. The number of carbonyl (C=O) groups excluding carboxylic acids is 2. The summed E-state index contributed by atoms with van der Waals surface area (Å²) in [6.45, 7) is 0. The van der Waals surface area contributed by atoms with E-state index in [1.54, 1.807) is 26.6 Å². The summed E-state index contributed by atoms with van der Waals surface area (Å²) in [6.07, 6.45) is 6.22. The number of ketones is 1. The molecule has 0 radical (unpaired) electrons. The van der Waals surface area contributed by atoms with Crippen molar-refractivity contribution in [2.24, 2.45) is 5.92 Å². The number of methoxy groups -OCH3 is 2. The Morgan fingerprint density at radius 3 is 2.51 bits per heavy atom. The first-order valence-corrected chi connectivity index (χ1v) is 12.7. The second kappa shape index (κ2) is 9.39. The van der Waals surface area contributed by atoms with Crippen LogP contribution in [0.1, 0.15) is 48.8 Å². The van der Waals surface area contributed by atoms with Crippen LogP contribution in [0.5, 0.6) is 11.5 Å². The number of nitrogens with one attached hydrogen (secondary N) is 1. The maximum absolute atomic E-state index is 14.0. The highest BCUT2D eigenvalue weighted by Crippen LogP contribution is 2.49. The molecular formula is C30H29N3O4. The minimum Gasteiger partial charge on any atom is -0.493 e. The van der Waals surface area contributed by atoms with Crippen LogP contribution < -0.4 is 19.7 Å². The van der Waals surface area contributed by atoms with Crippen molar-refractivity contribution in [3.63, 3.8) is 0 Å². The van der Waals surface area contributed by atoms with Gasteiger partial charge in [0, 0.05) is 36.0 Å². The van der Waals surface area contributed by atoms with E-state index in [4.69, 9.17) is 9.47 Å². The lowest BCUT2D eigenvalue weighted by Gasteiger charge is -2.35. The molecular weight excluding hydrogens is 466 g/mol. The van der Waals surface area contributed by atoms with Crippen molar-refractivity contribution >= 4 is 23.1 Å². The molecule has 1 amide bonds. The molecule has 2 aliphatic carbocycles. The molecule has 3 aromatic rings. The fraction of sp³-hybridized carbons (Fsp3) is 0.300. The standard InChI is InChI=1S/C30H29N3O4/c1-36-26-12-11-19(16-27(26)37-2)21-14-23-28(25(34)15-21)29(20-6-5-13-31-17-20)33(30(35)18-9-10-18)24-8-4-3-7-22(24)32-23/h3-8,11-13,16-18,21,29,32H,9-10,14-15H2,1-2H3/t21-,29-/m1/s1. The quantitative estimate of drug-likeness (QED) is 0.510. The predicted molar refractivity (Wildman–Crippen MR) is 141 cm³/mol. The van der Waals surface area contributed by atoms with E-state index in [-0.39, 0.29) is 23.5 Å². The molecule has 0 saturated heterocycles. The third kappa shape index (κ3) is 4.14. The molecule has 0 spiro atoms. The number of amides is 1. The molecule has 0 unspecified atom stereocenters. The number of Topliss-reactive ketones (excluding diaryl/α,β-unsaturated/α-hetero) is 1. The lowest BCUT2D eigenvalue weighted by molar-refractivity contribution is -0.120. The van der Waals surface area contributed by atoms with Crippen molar-refractivity contribution in [1.82, 2.24) is 4.98 Å². The van der Waals surface area contributed by atoms with Crippen LogP contribution in [0.4, 0.5) is 11.4 Å². The Morgan fingerprint density at radius 2 is 1.78 bits per heavy atom. The summed E-state index contributed by atoms with van der Waals surface area (Å²) in [7, 11) is 3.22. The van der Waals surface area contributed by atoms with Crippen LogP contribution in [0.3, 0.4) is 0 Å². The highest BCUT2D eigenvalue weighted by Gasteiger charge is 2.45. The molecule has 2 heterocycles. The summed E-state index contributed by atoms with van der Waals surface area (Å²) in [5.41, 5.74) is 4.97. The van der Waals surface area contributed by atoms with E-state index in [1.165, 1.54) is 0 Å². The number of fused-ring (bicyclic) bond motifs is 1. The zero-order valence-electron chi connectivity index (χ0n) is 20.9. The maximum atomic E-state index is 14.0. The van der Waals surface area contributed by atoms with Gasteiger partial charge in [0.25, 0.3) is 0 Å². The van der Waals surface area contributed by atoms with Crippen molar-refractivity contribution in [3.8, 4) is 11.5 Å². The summed E-state index contributed by atoms with van der Waals surface area (Å²) in [5, 5.41) is 3.58. The van der Waals surface area contributed by atoms with Gasteiger partial charge in [-0.25, -0.2) is 0 Å². The Hall–Kier alpha value is -4.13. The van der Waals surface area contributed by atoms with Crippen LogP contribution in [-0.4, -0.2) is 30.9 Å². The molecule has 1 aliphatic heterocycles. The van der Waals surface area contributed by atoms with Gasteiger partial charge in [-0.1, -0.05) is 24.3 Å². The van der Waals surface area contributed by atoms with Gasteiger partial charge in [0.1, 0.15) is 0 Å². The number of rotatable bonds is 5. The minimum atomic E-state index is -0.535. The number of hydrogen-bond acceptors (Lipinski definition) is 6. The SMILES string of the molecule is COc1ccc([C@H]2CC(=O)C3=C(C2)Nc2ccccc2N(C(=O)C2CC2)[C@@H]3c2cccnc2)cc1OC. The Balaban J connectivity index is 1.49. The van der Waals surface area contributed by atoms with Gasteiger partial charge >= 0.3 is 0 Å². The Labute approximate surface area is 216 Å². The second-order valence-electron chi connectivity index (χ2n) is 9.85. The molecule has 1 aromatic heterocycles. The van der Waals surface area contributed by atoms with Gasteiger partial charge in [0.2, 0.25) is 5.91 Å². The van der Waals surface area contributed by atoms with Gasteiger partial charge in [0.05, 0.1) is 31.6 Å². The maximum Gasteiger partial charge on any atom is 0.231 e. The summed E-state index contributed by atoms with van der Waals surface area (Å²) < 4.78 is 10.9. The van der Waals surface area contributed by atoms with Gasteiger partial charge < -0.3 is 14.8 Å².